The molecule has 2 aromatic rings. The van der Waals surface area contributed by atoms with Gasteiger partial charge in [-0.05, 0) is 30.5 Å². The van der Waals surface area contributed by atoms with Crippen molar-refractivity contribution in [1.29, 1.82) is 0 Å². The van der Waals surface area contributed by atoms with Gasteiger partial charge in [0.25, 0.3) is 0 Å². The summed E-state index contributed by atoms with van der Waals surface area (Å²) in [6, 6.07) is 5.51. The van der Waals surface area contributed by atoms with Crippen molar-refractivity contribution in [1.82, 2.24) is 20.1 Å². The van der Waals surface area contributed by atoms with E-state index in [1.54, 1.807) is 11.3 Å². The molecular formula is C20H20F9N5O6S. The molecule has 0 spiro atoms. The number of halogens is 9. The van der Waals surface area contributed by atoms with E-state index in [1.807, 2.05) is 17.9 Å². The van der Waals surface area contributed by atoms with Gasteiger partial charge in [0.15, 0.2) is 0 Å². The van der Waals surface area contributed by atoms with E-state index in [0.717, 1.165) is 18.2 Å². The van der Waals surface area contributed by atoms with E-state index in [9.17, 15) is 39.5 Å². The SMILES string of the molecule is O=C(O)C(F)(F)F.O=C(O)C(F)(F)F.O=C(O)C(F)(F)F.c1cc(CN2CC[C@H]3[C@H]2CCN3c2nncs2)ccn1. The van der Waals surface area contributed by atoms with Gasteiger partial charge in [-0.1, -0.05) is 11.3 Å². The monoisotopic (exact) mass is 629 g/mol. The molecule has 2 aromatic heterocycles. The van der Waals surface area contributed by atoms with E-state index < -0.39 is 36.4 Å². The van der Waals surface area contributed by atoms with Crippen LogP contribution in [0.5, 0.6) is 0 Å². The smallest absolute Gasteiger partial charge is 0.475 e. The summed E-state index contributed by atoms with van der Waals surface area (Å²) >= 11 is 1.65. The minimum absolute atomic E-state index is 0.616. The topological polar surface area (TPSA) is 157 Å². The van der Waals surface area contributed by atoms with Crippen LogP contribution in [0.2, 0.25) is 0 Å². The third kappa shape index (κ3) is 12.1. The van der Waals surface area contributed by atoms with Crippen LogP contribution >= 0.6 is 11.3 Å². The van der Waals surface area contributed by atoms with Gasteiger partial charge in [0, 0.05) is 44.1 Å². The van der Waals surface area contributed by atoms with Gasteiger partial charge in [0.05, 0.1) is 0 Å². The van der Waals surface area contributed by atoms with Crippen LogP contribution in [0.25, 0.3) is 0 Å². The Morgan fingerprint density at radius 1 is 0.805 bits per heavy atom. The summed E-state index contributed by atoms with van der Waals surface area (Å²) in [5, 5.41) is 30.7. The summed E-state index contributed by atoms with van der Waals surface area (Å²) in [5.41, 5.74) is 3.18. The van der Waals surface area contributed by atoms with Gasteiger partial charge >= 0.3 is 36.4 Å². The summed E-state index contributed by atoms with van der Waals surface area (Å²) in [6.45, 7) is 3.32. The van der Waals surface area contributed by atoms with E-state index in [1.165, 1.54) is 24.9 Å². The van der Waals surface area contributed by atoms with Gasteiger partial charge in [-0.2, -0.15) is 39.5 Å². The van der Waals surface area contributed by atoms with Gasteiger partial charge in [0.2, 0.25) is 5.13 Å². The van der Waals surface area contributed by atoms with Gasteiger partial charge in [-0.25, -0.2) is 14.4 Å². The van der Waals surface area contributed by atoms with Crippen LogP contribution in [0.3, 0.4) is 0 Å². The second-order valence-corrected chi connectivity index (χ2v) is 8.67. The normalized spacial score (nSPS) is 18.5. The van der Waals surface area contributed by atoms with Gasteiger partial charge < -0.3 is 20.2 Å². The highest BCUT2D eigenvalue weighted by Gasteiger charge is 2.43. The number of hydrogen-bond donors (Lipinski definition) is 3. The summed E-state index contributed by atoms with van der Waals surface area (Å²) in [5.74, 6) is -8.27. The maximum atomic E-state index is 10.6. The van der Waals surface area contributed by atoms with Gasteiger partial charge in [-0.15, -0.1) is 10.2 Å². The molecule has 2 atom stereocenters. The molecule has 3 N–H and O–H groups in total. The Bertz CT molecular complexity index is 1060. The van der Waals surface area contributed by atoms with Crippen molar-refractivity contribution in [3.63, 3.8) is 0 Å². The lowest BCUT2D eigenvalue weighted by Crippen LogP contribution is -2.36. The van der Waals surface area contributed by atoms with Crippen molar-refractivity contribution in [3.05, 3.63) is 35.6 Å². The molecule has 2 saturated heterocycles. The lowest BCUT2D eigenvalue weighted by Gasteiger charge is -2.25. The molecule has 0 aliphatic carbocycles. The number of likely N-dealkylation sites (tertiary alicyclic amines) is 1. The number of carboxylic acids is 3. The average Bonchev–Trinajstić information content (AvgIpc) is 3.58. The lowest BCUT2D eigenvalue weighted by atomic mass is 10.1. The zero-order valence-corrected chi connectivity index (χ0v) is 21.0. The lowest BCUT2D eigenvalue weighted by molar-refractivity contribution is -0.193. The highest BCUT2D eigenvalue weighted by molar-refractivity contribution is 7.13. The molecule has 4 heterocycles. The zero-order chi connectivity index (χ0) is 31.6. The molecule has 11 nitrogen and oxygen atoms in total. The molecule has 41 heavy (non-hydrogen) atoms. The third-order valence-electron chi connectivity index (χ3n) is 5.15. The van der Waals surface area contributed by atoms with Crippen LogP contribution in [-0.4, -0.2) is 97.0 Å². The molecule has 230 valence electrons. The maximum Gasteiger partial charge on any atom is 0.490 e. The second kappa shape index (κ2) is 14.8. The molecule has 0 bridgehead atoms. The van der Waals surface area contributed by atoms with Crippen molar-refractivity contribution in [3.8, 4) is 0 Å². The van der Waals surface area contributed by atoms with Crippen molar-refractivity contribution >= 4 is 34.4 Å². The molecule has 0 saturated carbocycles. The quantitative estimate of drug-likeness (QED) is 0.426. The molecule has 2 fully saturated rings. The van der Waals surface area contributed by atoms with Crippen molar-refractivity contribution in [2.24, 2.45) is 0 Å². The number of nitrogens with zero attached hydrogens (tertiary/aromatic N) is 5. The van der Waals surface area contributed by atoms with Crippen molar-refractivity contribution in [2.45, 2.75) is 50.0 Å². The Balaban J connectivity index is 0.000000333. The predicted octanol–water partition coefficient (Wildman–Crippen LogP) is 3.69. The molecule has 4 rings (SSSR count). The third-order valence-corrected chi connectivity index (χ3v) is 5.87. The fraction of sp³-hybridized carbons (Fsp3) is 0.500. The van der Waals surface area contributed by atoms with E-state index in [-0.39, 0.29) is 0 Å². The van der Waals surface area contributed by atoms with Crippen LogP contribution in [0, 0.1) is 0 Å². The molecule has 2 aliphatic rings. The Labute approximate surface area is 227 Å². The Morgan fingerprint density at radius 3 is 1.63 bits per heavy atom. The first-order chi connectivity index (χ1) is 18.7. The van der Waals surface area contributed by atoms with Crippen LogP contribution in [0.4, 0.5) is 44.6 Å². The highest BCUT2D eigenvalue weighted by atomic mass is 32.1. The van der Waals surface area contributed by atoms with Crippen LogP contribution < -0.4 is 4.90 Å². The summed E-state index contributed by atoms with van der Waals surface area (Å²) in [4.78, 5) is 35.8. The summed E-state index contributed by atoms with van der Waals surface area (Å²) in [7, 11) is 0. The van der Waals surface area contributed by atoms with Crippen molar-refractivity contribution in [2.75, 3.05) is 18.0 Å². The minimum atomic E-state index is -5.08. The van der Waals surface area contributed by atoms with Crippen LogP contribution in [0.15, 0.2) is 30.0 Å². The number of carboxylic acid groups (broad SMARTS) is 3. The predicted molar refractivity (Wildman–Crippen MR) is 120 cm³/mol. The van der Waals surface area contributed by atoms with Crippen LogP contribution in [0.1, 0.15) is 18.4 Å². The summed E-state index contributed by atoms with van der Waals surface area (Å²) < 4.78 is 95.2. The second-order valence-electron chi connectivity index (χ2n) is 7.86. The summed E-state index contributed by atoms with van der Waals surface area (Å²) in [6.07, 6.45) is -9.03. The fourth-order valence-electron chi connectivity index (χ4n) is 3.52. The molecule has 2 aliphatic heterocycles. The molecule has 0 amide bonds. The number of pyridine rings is 1. The largest absolute Gasteiger partial charge is 0.490 e. The number of carbonyl (C=O) groups is 3. The molecule has 0 unspecified atom stereocenters. The first-order valence-electron chi connectivity index (χ1n) is 10.8. The average molecular weight is 629 g/mol. The number of anilines is 1. The van der Waals surface area contributed by atoms with Crippen LogP contribution in [-0.2, 0) is 20.9 Å². The number of fused-ring (bicyclic) bond motifs is 1. The number of alkyl halides is 9. The number of rotatable bonds is 3. The Kier molecular flexibility index (Phi) is 12.7. The van der Waals surface area contributed by atoms with Gasteiger partial charge in [0.1, 0.15) is 5.51 Å². The molecule has 0 radical (unpaired) electrons. The zero-order valence-electron chi connectivity index (χ0n) is 20.2. The molecule has 21 heteroatoms. The molecular weight excluding hydrogens is 609 g/mol. The van der Waals surface area contributed by atoms with Gasteiger partial charge in [-0.3, -0.25) is 9.88 Å². The van der Waals surface area contributed by atoms with E-state index in [0.29, 0.717) is 12.1 Å². The van der Waals surface area contributed by atoms with Crippen molar-refractivity contribution < 1.29 is 69.2 Å². The highest BCUT2D eigenvalue weighted by Crippen LogP contribution is 2.36. The number of aromatic nitrogens is 3. The molecule has 0 aromatic carbocycles. The number of aliphatic carboxylic acids is 3. The Hall–Kier alpha value is -3.75. The maximum absolute atomic E-state index is 10.6. The van der Waals surface area contributed by atoms with E-state index in [2.05, 4.69) is 37.1 Å². The van der Waals surface area contributed by atoms with E-state index >= 15 is 0 Å². The standard InChI is InChI=1S/C14H17N5S.3C2HF3O2/c1-5-15-6-2-11(1)9-18-7-3-13-12(18)4-8-19(13)14-17-16-10-20-14;3*3-2(4,5)1(6)7/h1-2,5-6,10,12-13H,3-4,7-9H2;3*(H,6,7)/t12-,13+;;;/m1.../s1. The van der Waals surface area contributed by atoms with E-state index in [4.69, 9.17) is 29.7 Å². The first-order valence-corrected chi connectivity index (χ1v) is 11.7. The number of hydrogen-bond acceptors (Lipinski definition) is 9. The minimum Gasteiger partial charge on any atom is -0.475 e. The first kappa shape index (κ1) is 35.3. The Morgan fingerprint density at radius 2 is 1.24 bits per heavy atom. The fourth-order valence-corrected chi connectivity index (χ4v) is 4.17.